The van der Waals surface area contributed by atoms with Crippen LogP contribution in [0.5, 0.6) is 17.2 Å². The maximum Gasteiger partial charge on any atom is 0.349 e. The van der Waals surface area contributed by atoms with Crippen LogP contribution in [0.1, 0.15) is 30.9 Å². The lowest BCUT2D eigenvalue weighted by molar-refractivity contribution is -0.136. The first kappa shape index (κ1) is 24.8. The van der Waals surface area contributed by atoms with Crippen molar-refractivity contribution in [1.82, 2.24) is 4.90 Å². The van der Waals surface area contributed by atoms with Crippen LogP contribution < -0.4 is 14.2 Å². The summed E-state index contributed by atoms with van der Waals surface area (Å²) < 4.78 is 21.6. The molecule has 0 saturated carbocycles. The molecule has 1 amide bonds. The van der Waals surface area contributed by atoms with Crippen LogP contribution in [0.15, 0.2) is 48.0 Å². The monoisotopic (exact) mass is 464 g/mol. The van der Waals surface area contributed by atoms with Crippen LogP contribution in [0.3, 0.4) is 0 Å². The molecule has 1 aliphatic rings. The molecule has 8 heteroatoms. The lowest BCUT2D eigenvalue weighted by Crippen LogP contribution is -2.41. The summed E-state index contributed by atoms with van der Waals surface area (Å²) in [6, 6.07) is 14.3. The van der Waals surface area contributed by atoms with E-state index in [0.717, 1.165) is 5.56 Å². The highest BCUT2D eigenvalue weighted by Gasteiger charge is 2.21. The van der Waals surface area contributed by atoms with Crippen LogP contribution >= 0.6 is 0 Å². The van der Waals surface area contributed by atoms with Crippen molar-refractivity contribution in [2.45, 2.75) is 19.8 Å². The molecule has 0 radical (unpaired) electrons. The number of esters is 1. The largest absolute Gasteiger partial charge is 0.493 e. The van der Waals surface area contributed by atoms with Gasteiger partial charge in [-0.15, -0.1) is 0 Å². The highest BCUT2D eigenvalue weighted by atomic mass is 16.6. The molecular weight excluding hydrogens is 436 g/mol. The van der Waals surface area contributed by atoms with E-state index in [2.05, 4.69) is 13.8 Å². The van der Waals surface area contributed by atoms with Gasteiger partial charge in [0.1, 0.15) is 17.4 Å². The summed E-state index contributed by atoms with van der Waals surface area (Å²) in [4.78, 5) is 26.5. The Morgan fingerprint density at radius 1 is 1.15 bits per heavy atom. The molecule has 1 saturated heterocycles. The molecule has 2 aromatic rings. The van der Waals surface area contributed by atoms with Crippen molar-refractivity contribution in [1.29, 1.82) is 5.26 Å². The first-order valence-electron chi connectivity index (χ1n) is 11.0. The smallest absolute Gasteiger partial charge is 0.349 e. The van der Waals surface area contributed by atoms with Crippen molar-refractivity contribution < 1.29 is 28.5 Å². The molecule has 34 heavy (non-hydrogen) atoms. The minimum Gasteiger partial charge on any atom is -0.493 e. The van der Waals surface area contributed by atoms with Crippen molar-refractivity contribution in [3.05, 3.63) is 59.2 Å². The van der Waals surface area contributed by atoms with Gasteiger partial charge < -0.3 is 23.8 Å². The zero-order valence-corrected chi connectivity index (χ0v) is 19.6. The second-order valence-electron chi connectivity index (χ2n) is 7.97. The van der Waals surface area contributed by atoms with E-state index in [-0.39, 0.29) is 23.8 Å². The Hall–Kier alpha value is -3.83. The summed E-state index contributed by atoms with van der Waals surface area (Å²) in [6.45, 7) is 5.68. The molecule has 0 aromatic heterocycles. The second-order valence-corrected chi connectivity index (χ2v) is 7.97. The third-order valence-corrected chi connectivity index (χ3v) is 5.25. The van der Waals surface area contributed by atoms with Crippen molar-refractivity contribution in [3.63, 3.8) is 0 Å². The number of hydrogen-bond donors (Lipinski definition) is 0. The number of benzene rings is 2. The Kier molecular flexibility index (Phi) is 8.66. The number of amides is 1. The molecule has 0 atom stereocenters. The van der Waals surface area contributed by atoms with Gasteiger partial charge in [0, 0.05) is 13.1 Å². The van der Waals surface area contributed by atoms with Crippen molar-refractivity contribution in [2.75, 3.05) is 40.0 Å². The molecule has 2 aromatic carbocycles. The van der Waals surface area contributed by atoms with Gasteiger partial charge in [0.05, 0.1) is 20.3 Å². The number of carbonyl (C=O) groups excluding carboxylic acids is 2. The molecule has 1 aliphatic heterocycles. The van der Waals surface area contributed by atoms with Gasteiger partial charge in [0.2, 0.25) is 0 Å². The predicted octanol–water partition coefficient (Wildman–Crippen LogP) is 3.57. The molecule has 0 bridgehead atoms. The summed E-state index contributed by atoms with van der Waals surface area (Å²) in [5.41, 5.74) is 1.68. The van der Waals surface area contributed by atoms with E-state index in [0.29, 0.717) is 49.3 Å². The normalized spacial score (nSPS) is 13.9. The number of rotatable bonds is 8. The van der Waals surface area contributed by atoms with E-state index < -0.39 is 5.97 Å². The summed E-state index contributed by atoms with van der Waals surface area (Å²) in [5.74, 6) is 0.500. The van der Waals surface area contributed by atoms with Crippen LogP contribution in [0.4, 0.5) is 0 Å². The van der Waals surface area contributed by atoms with Crippen LogP contribution in [0.2, 0.25) is 0 Å². The van der Waals surface area contributed by atoms with Gasteiger partial charge in [-0.25, -0.2) is 4.79 Å². The number of carbonyl (C=O) groups is 2. The number of ether oxygens (including phenoxy) is 4. The van der Waals surface area contributed by atoms with Crippen molar-refractivity contribution in [2.24, 2.45) is 0 Å². The van der Waals surface area contributed by atoms with E-state index in [1.54, 1.807) is 29.2 Å². The summed E-state index contributed by atoms with van der Waals surface area (Å²) in [6.07, 6.45) is 1.48. The SMILES string of the molecule is COc1cc(/C=C(\C#N)C(=O)N2CCOCC2)ccc1OC(=O)COc1cccc(C(C)C)c1. The lowest BCUT2D eigenvalue weighted by Gasteiger charge is -2.26. The zero-order chi connectivity index (χ0) is 24.5. The average Bonchev–Trinajstić information content (AvgIpc) is 2.87. The van der Waals surface area contributed by atoms with Crippen LogP contribution in [-0.4, -0.2) is 56.8 Å². The van der Waals surface area contributed by atoms with Crippen molar-refractivity contribution >= 4 is 18.0 Å². The van der Waals surface area contributed by atoms with Gasteiger partial charge in [0.15, 0.2) is 18.1 Å². The van der Waals surface area contributed by atoms with Gasteiger partial charge in [-0.3, -0.25) is 4.79 Å². The minimum absolute atomic E-state index is 0.00530. The van der Waals surface area contributed by atoms with Gasteiger partial charge >= 0.3 is 5.97 Å². The quantitative estimate of drug-likeness (QED) is 0.255. The minimum atomic E-state index is -0.586. The standard InChI is InChI=1S/C26H28N2O6/c1-18(2)20-5-4-6-22(15-20)33-17-25(29)34-23-8-7-19(14-24(23)31-3)13-21(16-27)26(30)28-9-11-32-12-10-28/h4-8,13-15,18H,9-12,17H2,1-3H3/b21-13+. The molecule has 8 nitrogen and oxygen atoms in total. The number of nitriles is 1. The third-order valence-electron chi connectivity index (χ3n) is 5.25. The van der Waals surface area contributed by atoms with Crippen LogP contribution in [0.25, 0.3) is 6.08 Å². The van der Waals surface area contributed by atoms with Crippen molar-refractivity contribution in [3.8, 4) is 23.3 Å². The fraction of sp³-hybridized carbons (Fsp3) is 0.346. The molecule has 0 unspecified atom stereocenters. The van der Waals surface area contributed by atoms with E-state index in [4.69, 9.17) is 18.9 Å². The maximum absolute atomic E-state index is 12.6. The molecule has 0 spiro atoms. The first-order valence-corrected chi connectivity index (χ1v) is 11.0. The average molecular weight is 465 g/mol. The van der Waals surface area contributed by atoms with Gasteiger partial charge in [-0.1, -0.05) is 32.0 Å². The van der Waals surface area contributed by atoms with E-state index >= 15 is 0 Å². The maximum atomic E-state index is 12.6. The number of methoxy groups -OCH3 is 1. The van der Waals surface area contributed by atoms with Gasteiger partial charge in [-0.2, -0.15) is 5.26 Å². The fourth-order valence-corrected chi connectivity index (χ4v) is 3.36. The zero-order valence-electron chi connectivity index (χ0n) is 19.6. The van der Waals surface area contributed by atoms with E-state index in [9.17, 15) is 14.9 Å². The topological polar surface area (TPSA) is 98.1 Å². The van der Waals surface area contributed by atoms with Gasteiger partial charge in [-0.05, 0) is 47.4 Å². The molecule has 0 aliphatic carbocycles. The Morgan fingerprint density at radius 3 is 2.59 bits per heavy atom. The summed E-state index contributed by atoms with van der Waals surface area (Å²) in [7, 11) is 1.44. The molecule has 1 heterocycles. The summed E-state index contributed by atoms with van der Waals surface area (Å²) >= 11 is 0. The second kappa shape index (κ2) is 11.9. The third kappa shape index (κ3) is 6.59. The van der Waals surface area contributed by atoms with Crippen LogP contribution in [-0.2, 0) is 14.3 Å². The summed E-state index contributed by atoms with van der Waals surface area (Å²) in [5, 5.41) is 9.48. The van der Waals surface area contributed by atoms with Gasteiger partial charge in [0.25, 0.3) is 5.91 Å². The number of morpholine rings is 1. The highest BCUT2D eigenvalue weighted by Crippen LogP contribution is 2.29. The van der Waals surface area contributed by atoms with E-state index in [1.807, 2.05) is 24.3 Å². The Labute approximate surface area is 199 Å². The molecule has 1 fully saturated rings. The molecule has 3 rings (SSSR count). The lowest BCUT2D eigenvalue weighted by atomic mass is 10.0. The Balaban J connectivity index is 1.66. The highest BCUT2D eigenvalue weighted by molar-refractivity contribution is 6.01. The molecule has 0 N–H and O–H groups in total. The Bertz CT molecular complexity index is 1100. The number of hydrogen-bond acceptors (Lipinski definition) is 7. The number of nitrogens with zero attached hydrogens (tertiary/aromatic N) is 2. The first-order chi connectivity index (χ1) is 16.4. The fourth-order valence-electron chi connectivity index (χ4n) is 3.36. The predicted molar refractivity (Wildman–Crippen MR) is 126 cm³/mol. The Morgan fingerprint density at radius 2 is 1.91 bits per heavy atom. The van der Waals surface area contributed by atoms with E-state index in [1.165, 1.54) is 13.2 Å². The molecular formula is C26H28N2O6. The van der Waals surface area contributed by atoms with Crippen LogP contribution in [0, 0.1) is 11.3 Å². The molecule has 178 valence electrons.